The highest BCUT2D eigenvalue weighted by Crippen LogP contribution is 2.20. The van der Waals surface area contributed by atoms with Gasteiger partial charge < -0.3 is 20.4 Å². The van der Waals surface area contributed by atoms with Crippen LogP contribution in [0.15, 0.2) is 24.3 Å². The van der Waals surface area contributed by atoms with Gasteiger partial charge in [-0.25, -0.2) is 4.79 Å². The summed E-state index contributed by atoms with van der Waals surface area (Å²) in [5.74, 6) is 0.0939. The van der Waals surface area contributed by atoms with E-state index in [-0.39, 0.29) is 23.8 Å². The van der Waals surface area contributed by atoms with E-state index in [2.05, 4.69) is 10.6 Å². The average Bonchev–Trinajstić information content (AvgIpc) is 2.67. The van der Waals surface area contributed by atoms with Gasteiger partial charge in [0.05, 0.1) is 0 Å². The second-order valence-corrected chi connectivity index (χ2v) is 6.81. The second kappa shape index (κ2) is 9.94. The molecule has 1 heterocycles. The topological polar surface area (TPSA) is 81.8 Å². The van der Waals surface area contributed by atoms with E-state index >= 15 is 0 Å². The van der Waals surface area contributed by atoms with Crippen molar-refractivity contribution in [2.24, 2.45) is 5.92 Å². The number of anilines is 1. The van der Waals surface area contributed by atoms with Crippen molar-refractivity contribution in [2.45, 2.75) is 40.2 Å². The van der Waals surface area contributed by atoms with E-state index in [0.29, 0.717) is 38.2 Å². The van der Waals surface area contributed by atoms with Gasteiger partial charge in [0, 0.05) is 51.3 Å². The maximum atomic E-state index is 12.4. The molecular weight excluding hydrogens is 344 g/mol. The zero-order valence-electron chi connectivity index (χ0n) is 16.5. The Hall–Kier alpha value is -2.57. The van der Waals surface area contributed by atoms with Gasteiger partial charge in [-0.15, -0.1) is 0 Å². The van der Waals surface area contributed by atoms with Gasteiger partial charge in [-0.2, -0.15) is 0 Å². The smallest absolute Gasteiger partial charge is 0.317 e. The van der Waals surface area contributed by atoms with E-state index in [1.807, 2.05) is 43.0 Å². The van der Waals surface area contributed by atoms with Gasteiger partial charge in [-0.1, -0.05) is 12.1 Å². The Balaban J connectivity index is 1.81. The van der Waals surface area contributed by atoms with E-state index in [1.54, 1.807) is 4.90 Å². The highest BCUT2D eigenvalue weighted by molar-refractivity contribution is 5.88. The largest absolute Gasteiger partial charge is 0.343 e. The van der Waals surface area contributed by atoms with Crippen LogP contribution in [0.3, 0.4) is 0 Å². The summed E-state index contributed by atoms with van der Waals surface area (Å²) in [4.78, 5) is 39.6. The first-order valence-electron chi connectivity index (χ1n) is 9.62. The molecule has 1 aliphatic rings. The molecule has 0 aliphatic carbocycles. The molecule has 148 valence electrons. The SMILES string of the molecule is CCN(CC)C(=O)C1CCN(C(=O)NCc2cccc(NC(C)=O)c2)CC1. The summed E-state index contributed by atoms with van der Waals surface area (Å²) in [5, 5.41) is 5.65. The van der Waals surface area contributed by atoms with Crippen molar-refractivity contribution in [2.75, 3.05) is 31.5 Å². The summed E-state index contributed by atoms with van der Waals surface area (Å²) in [7, 11) is 0. The fourth-order valence-corrected chi connectivity index (χ4v) is 3.37. The molecule has 1 aromatic rings. The van der Waals surface area contributed by atoms with Gasteiger partial charge in [0.25, 0.3) is 0 Å². The summed E-state index contributed by atoms with van der Waals surface area (Å²) in [5.41, 5.74) is 1.63. The molecule has 7 nitrogen and oxygen atoms in total. The van der Waals surface area contributed by atoms with Gasteiger partial charge in [-0.05, 0) is 44.4 Å². The molecule has 0 spiro atoms. The third kappa shape index (κ3) is 5.98. The maximum absolute atomic E-state index is 12.4. The van der Waals surface area contributed by atoms with Crippen molar-refractivity contribution < 1.29 is 14.4 Å². The minimum absolute atomic E-state index is 0.0169. The maximum Gasteiger partial charge on any atom is 0.317 e. The normalized spacial score (nSPS) is 14.6. The first kappa shape index (κ1) is 20.7. The third-order valence-electron chi connectivity index (χ3n) is 4.90. The summed E-state index contributed by atoms with van der Waals surface area (Å²) in [6.07, 6.45) is 1.42. The zero-order valence-corrected chi connectivity index (χ0v) is 16.5. The van der Waals surface area contributed by atoms with Crippen LogP contribution < -0.4 is 10.6 Å². The van der Waals surface area contributed by atoms with Crippen LogP contribution >= 0.6 is 0 Å². The lowest BCUT2D eigenvalue weighted by Crippen LogP contribution is -2.47. The summed E-state index contributed by atoms with van der Waals surface area (Å²) < 4.78 is 0. The van der Waals surface area contributed by atoms with Gasteiger partial charge in [0.1, 0.15) is 0 Å². The number of piperidine rings is 1. The molecule has 0 unspecified atom stereocenters. The van der Waals surface area contributed by atoms with Gasteiger partial charge in [0.2, 0.25) is 11.8 Å². The Morgan fingerprint density at radius 1 is 1.15 bits per heavy atom. The number of amides is 4. The molecular formula is C20H30N4O3. The fourth-order valence-electron chi connectivity index (χ4n) is 3.37. The average molecular weight is 374 g/mol. The molecule has 1 fully saturated rings. The lowest BCUT2D eigenvalue weighted by molar-refractivity contribution is -0.136. The van der Waals surface area contributed by atoms with Crippen molar-refractivity contribution in [3.8, 4) is 0 Å². The van der Waals surface area contributed by atoms with E-state index in [9.17, 15) is 14.4 Å². The van der Waals surface area contributed by atoms with Gasteiger partial charge in [-0.3, -0.25) is 9.59 Å². The van der Waals surface area contributed by atoms with E-state index in [4.69, 9.17) is 0 Å². The van der Waals surface area contributed by atoms with E-state index in [1.165, 1.54) is 6.92 Å². The highest BCUT2D eigenvalue weighted by atomic mass is 16.2. The lowest BCUT2D eigenvalue weighted by atomic mass is 9.95. The highest BCUT2D eigenvalue weighted by Gasteiger charge is 2.29. The number of hydrogen-bond donors (Lipinski definition) is 2. The standard InChI is InChI=1S/C20H30N4O3/c1-4-23(5-2)19(26)17-9-11-24(12-10-17)20(27)21-14-16-7-6-8-18(13-16)22-15(3)25/h6-8,13,17H,4-5,9-12,14H2,1-3H3,(H,21,27)(H,22,25). The van der Waals surface area contributed by atoms with Crippen molar-refractivity contribution in [1.82, 2.24) is 15.1 Å². The summed E-state index contributed by atoms with van der Waals surface area (Å²) in [6.45, 7) is 8.48. The summed E-state index contributed by atoms with van der Waals surface area (Å²) >= 11 is 0. The minimum Gasteiger partial charge on any atom is -0.343 e. The molecule has 1 aliphatic heterocycles. The molecule has 1 aromatic carbocycles. The molecule has 0 aromatic heterocycles. The number of carbonyl (C=O) groups is 3. The fraction of sp³-hybridized carbons (Fsp3) is 0.550. The van der Waals surface area contributed by atoms with Crippen LogP contribution in [0.4, 0.5) is 10.5 Å². The zero-order chi connectivity index (χ0) is 19.8. The van der Waals surface area contributed by atoms with Crippen LogP contribution in [0, 0.1) is 5.92 Å². The van der Waals surface area contributed by atoms with E-state index in [0.717, 1.165) is 18.7 Å². The Morgan fingerprint density at radius 3 is 2.41 bits per heavy atom. The third-order valence-corrected chi connectivity index (χ3v) is 4.90. The molecule has 2 rings (SSSR count). The molecule has 0 radical (unpaired) electrons. The molecule has 0 atom stereocenters. The molecule has 2 N–H and O–H groups in total. The predicted molar refractivity (Wildman–Crippen MR) is 105 cm³/mol. The van der Waals surface area contributed by atoms with Crippen molar-refractivity contribution in [3.63, 3.8) is 0 Å². The monoisotopic (exact) mass is 374 g/mol. The molecule has 0 saturated carbocycles. The lowest BCUT2D eigenvalue weighted by Gasteiger charge is -2.33. The number of likely N-dealkylation sites (tertiary alicyclic amines) is 1. The molecule has 27 heavy (non-hydrogen) atoms. The van der Waals surface area contributed by atoms with E-state index < -0.39 is 0 Å². The number of urea groups is 1. The van der Waals surface area contributed by atoms with Crippen LogP contribution in [0.25, 0.3) is 0 Å². The number of benzene rings is 1. The predicted octanol–water partition coefficient (Wildman–Crippen LogP) is 2.44. The van der Waals surface area contributed by atoms with Crippen molar-refractivity contribution in [3.05, 3.63) is 29.8 Å². The first-order chi connectivity index (χ1) is 12.9. The van der Waals surface area contributed by atoms with Crippen molar-refractivity contribution in [1.29, 1.82) is 0 Å². The van der Waals surface area contributed by atoms with Crippen LogP contribution in [0.2, 0.25) is 0 Å². The van der Waals surface area contributed by atoms with Crippen molar-refractivity contribution >= 4 is 23.5 Å². The van der Waals surface area contributed by atoms with Crippen LogP contribution in [0.5, 0.6) is 0 Å². The quantitative estimate of drug-likeness (QED) is 0.802. The molecule has 7 heteroatoms. The Labute approximate surface area is 161 Å². The van der Waals surface area contributed by atoms with Crippen LogP contribution in [-0.4, -0.2) is 53.8 Å². The van der Waals surface area contributed by atoms with Gasteiger partial charge >= 0.3 is 6.03 Å². The Morgan fingerprint density at radius 2 is 1.81 bits per heavy atom. The van der Waals surface area contributed by atoms with Crippen LogP contribution in [0.1, 0.15) is 39.2 Å². The summed E-state index contributed by atoms with van der Waals surface area (Å²) in [6, 6.07) is 7.28. The van der Waals surface area contributed by atoms with Gasteiger partial charge in [0.15, 0.2) is 0 Å². The van der Waals surface area contributed by atoms with Crippen LogP contribution in [-0.2, 0) is 16.1 Å². The minimum atomic E-state index is -0.127. The molecule has 1 saturated heterocycles. The number of nitrogens with one attached hydrogen (secondary N) is 2. The number of rotatable bonds is 6. The second-order valence-electron chi connectivity index (χ2n) is 6.81. The number of carbonyl (C=O) groups excluding carboxylic acids is 3. The molecule has 0 bridgehead atoms. The Kier molecular flexibility index (Phi) is 7.64. The number of hydrogen-bond acceptors (Lipinski definition) is 3. The first-order valence-corrected chi connectivity index (χ1v) is 9.62. The molecule has 4 amide bonds. The Bertz CT molecular complexity index is 665. The number of nitrogens with zero attached hydrogens (tertiary/aromatic N) is 2.